The highest BCUT2D eigenvalue weighted by Crippen LogP contribution is 2.21. The van der Waals surface area contributed by atoms with Crippen molar-refractivity contribution in [1.82, 2.24) is 14.8 Å². The van der Waals surface area contributed by atoms with Gasteiger partial charge < -0.3 is 9.88 Å². The monoisotopic (exact) mass is 302 g/mol. The van der Waals surface area contributed by atoms with Crippen LogP contribution >= 0.6 is 11.6 Å². The SMILES string of the molecule is CCCn1cc(Cl)cc1C(=O)Nc1n[nH]c2ccccc12. The number of carbonyl (C=O) groups is 1. The van der Waals surface area contributed by atoms with E-state index in [1.165, 1.54) is 0 Å². The van der Waals surface area contributed by atoms with Gasteiger partial charge in [0.25, 0.3) is 5.91 Å². The van der Waals surface area contributed by atoms with Crippen LogP contribution in [-0.2, 0) is 6.54 Å². The Morgan fingerprint density at radius 1 is 1.43 bits per heavy atom. The molecular weight excluding hydrogens is 288 g/mol. The zero-order chi connectivity index (χ0) is 14.8. The number of aromatic nitrogens is 3. The number of anilines is 1. The molecule has 2 heterocycles. The zero-order valence-electron chi connectivity index (χ0n) is 11.6. The van der Waals surface area contributed by atoms with Gasteiger partial charge >= 0.3 is 0 Å². The first-order valence-corrected chi connectivity index (χ1v) is 7.17. The van der Waals surface area contributed by atoms with Gasteiger partial charge in [0.2, 0.25) is 0 Å². The number of nitrogens with zero attached hydrogens (tertiary/aromatic N) is 2. The largest absolute Gasteiger partial charge is 0.342 e. The summed E-state index contributed by atoms with van der Waals surface area (Å²) in [6.45, 7) is 2.80. The van der Waals surface area contributed by atoms with Gasteiger partial charge in [-0.3, -0.25) is 9.89 Å². The second kappa shape index (κ2) is 5.61. The molecule has 0 aliphatic carbocycles. The molecule has 0 fully saturated rings. The second-order valence-corrected chi connectivity index (χ2v) is 5.25. The molecular formula is C15H15ClN4O. The first-order valence-electron chi connectivity index (χ1n) is 6.79. The van der Waals surface area contributed by atoms with Crippen molar-refractivity contribution in [3.8, 4) is 0 Å². The van der Waals surface area contributed by atoms with Gasteiger partial charge in [0.05, 0.1) is 10.5 Å². The lowest BCUT2D eigenvalue weighted by Gasteiger charge is -2.07. The third-order valence-electron chi connectivity index (χ3n) is 3.26. The number of H-pyrrole nitrogens is 1. The number of aryl methyl sites for hydroxylation is 1. The van der Waals surface area contributed by atoms with E-state index in [2.05, 4.69) is 22.4 Å². The molecule has 0 unspecified atom stereocenters. The van der Waals surface area contributed by atoms with E-state index in [0.29, 0.717) is 16.5 Å². The fourth-order valence-electron chi connectivity index (χ4n) is 2.32. The molecule has 0 aliphatic rings. The van der Waals surface area contributed by atoms with Crippen molar-refractivity contribution in [3.05, 3.63) is 47.2 Å². The third kappa shape index (κ3) is 2.64. The van der Waals surface area contributed by atoms with E-state index >= 15 is 0 Å². The molecule has 0 atom stereocenters. The van der Waals surface area contributed by atoms with E-state index in [1.807, 2.05) is 28.8 Å². The summed E-state index contributed by atoms with van der Waals surface area (Å²) in [6, 6.07) is 9.31. The lowest BCUT2D eigenvalue weighted by atomic mass is 10.2. The van der Waals surface area contributed by atoms with Crippen LogP contribution in [0.4, 0.5) is 5.82 Å². The molecule has 0 aliphatic heterocycles. The van der Waals surface area contributed by atoms with Crippen molar-refractivity contribution in [2.24, 2.45) is 0 Å². The van der Waals surface area contributed by atoms with E-state index < -0.39 is 0 Å². The Kier molecular flexibility index (Phi) is 3.66. The minimum atomic E-state index is -0.215. The Morgan fingerprint density at radius 2 is 2.24 bits per heavy atom. The van der Waals surface area contributed by atoms with E-state index in [4.69, 9.17) is 11.6 Å². The summed E-state index contributed by atoms with van der Waals surface area (Å²) in [5.74, 6) is 0.309. The number of para-hydroxylation sites is 1. The number of hydrogen-bond donors (Lipinski definition) is 2. The van der Waals surface area contributed by atoms with Crippen molar-refractivity contribution in [2.45, 2.75) is 19.9 Å². The maximum absolute atomic E-state index is 12.4. The maximum atomic E-state index is 12.4. The van der Waals surface area contributed by atoms with Crippen molar-refractivity contribution in [3.63, 3.8) is 0 Å². The number of rotatable bonds is 4. The highest BCUT2D eigenvalue weighted by Gasteiger charge is 2.15. The molecule has 2 aromatic heterocycles. The molecule has 5 nitrogen and oxygen atoms in total. The number of carbonyl (C=O) groups excluding carboxylic acids is 1. The summed E-state index contributed by atoms with van der Waals surface area (Å²) in [6.07, 6.45) is 2.69. The Labute approximate surface area is 126 Å². The summed E-state index contributed by atoms with van der Waals surface area (Å²) in [5, 5.41) is 11.3. The van der Waals surface area contributed by atoms with Gasteiger partial charge in [0, 0.05) is 18.1 Å². The molecule has 108 valence electrons. The topological polar surface area (TPSA) is 62.7 Å². The average molecular weight is 303 g/mol. The Hall–Kier alpha value is -2.27. The molecule has 6 heteroatoms. The Morgan fingerprint density at radius 3 is 3.05 bits per heavy atom. The first-order chi connectivity index (χ1) is 10.2. The minimum absolute atomic E-state index is 0.215. The van der Waals surface area contributed by atoms with Gasteiger partial charge in [-0.2, -0.15) is 5.10 Å². The highest BCUT2D eigenvalue weighted by molar-refractivity contribution is 6.31. The normalized spacial score (nSPS) is 11.0. The van der Waals surface area contributed by atoms with E-state index in [9.17, 15) is 4.79 Å². The van der Waals surface area contributed by atoms with Crippen LogP contribution in [-0.4, -0.2) is 20.7 Å². The maximum Gasteiger partial charge on any atom is 0.273 e. The predicted octanol–water partition coefficient (Wildman–Crippen LogP) is 3.68. The quantitative estimate of drug-likeness (QED) is 0.772. The van der Waals surface area contributed by atoms with Crippen molar-refractivity contribution >= 4 is 34.2 Å². The molecule has 1 amide bonds. The number of amides is 1. The smallest absolute Gasteiger partial charge is 0.273 e. The van der Waals surface area contributed by atoms with Crippen molar-refractivity contribution in [2.75, 3.05) is 5.32 Å². The van der Waals surface area contributed by atoms with E-state index in [1.54, 1.807) is 12.3 Å². The zero-order valence-corrected chi connectivity index (χ0v) is 12.3. The van der Waals surface area contributed by atoms with E-state index in [-0.39, 0.29) is 5.91 Å². The van der Waals surface area contributed by atoms with Crippen LogP contribution in [0, 0.1) is 0 Å². The fraction of sp³-hybridized carbons (Fsp3) is 0.200. The number of nitrogens with one attached hydrogen (secondary N) is 2. The van der Waals surface area contributed by atoms with E-state index in [0.717, 1.165) is 23.9 Å². The molecule has 2 N–H and O–H groups in total. The van der Waals surface area contributed by atoms with Crippen molar-refractivity contribution in [1.29, 1.82) is 0 Å². The number of hydrogen-bond acceptors (Lipinski definition) is 2. The molecule has 0 saturated carbocycles. The molecule has 0 bridgehead atoms. The minimum Gasteiger partial charge on any atom is -0.342 e. The summed E-state index contributed by atoms with van der Waals surface area (Å²) in [4.78, 5) is 12.4. The first kappa shape index (κ1) is 13.7. The predicted molar refractivity (Wildman–Crippen MR) is 83.8 cm³/mol. The van der Waals surface area contributed by atoms with Crippen LogP contribution in [0.2, 0.25) is 5.02 Å². The van der Waals surface area contributed by atoms with Gasteiger partial charge in [0.15, 0.2) is 5.82 Å². The lowest BCUT2D eigenvalue weighted by molar-refractivity contribution is 0.101. The summed E-state index contributed by atoms with van der Waals surface area (Å²) in [7, 11) is 0. The number of aromatic amines is 1. The molecule has 1 aromatic carbocycles. The lowest BCUT2D eigenvalue weighted by Crippen LogP contribution is -2.17. The van der Waals surface area contributed by atoms with Gasteiger partial charge in [-0.05, 0) is 24.6 Å². The summed E-state index contributed by atoms with van der Waals surface area (Å²) in [5.41, 5.74) is 1.42. The standard InChI is InChI=1S/C15H15ClN4O/c1-2-7-20-9-10(16)8-13(20)15(21)17-14-11-5-3-4-6-12(11)18-19-14/h3-6,8-9H,2,7H2,1H3,(H2,17,18,19,21). The molecule has 3 aromatic rings. The number of benzene rings is 1. The summed E-state index contributed by atoms with van der Waals surface area (Å²) < 4.78 is 1.85. The van der Waals surface area contributed by atoms with Crippen LogP contribution in [0.15, 0.2) is 36.5 Å². The Bertz CT molecular complexity index is 790. The van der Waals surface area contributed by atoms with Gasteiger partial charge in [-0.1, -0.05) is 30.7 Å². The fourth-order valence-corrected chi connectivity index (χ4v) is 2.54. The third-order valence-corrected chi connectivity index (χ3v) is 3.47. The highest BCUT2D eigenvalue weighted by atomic mass is 35.5. The van der Waals surface area contributed by atoms with Crippen molar-refractivity contribution < 1.29 is 4.79 Å². The molecule has 21 heavy (non-hydrogen) atoms. The van der Waals surface area contributed by atoms with Crippen LogP contribution in [0.1, 0.15) is 23.8 Å². The van der Waals surface area contributed by atoms with Gasteiger partial charge in [0.1, 0.15) is 5.69 Å². The summed E-state index contributed by atoms with van der Waals surface area (Å²) >= 11 is 6.00. The number of halogens is 1. The number of fused-ring (bicyclic) bond motifs is 1. The van der Waals surface area contributed by atoms with Gasteiger partial charge in [-0.25, -0.2) is 0 Å². The molecule has 0 saturated heterocycles. The average Bonchev–Trinajstić information content (AvgIpc) is 3.04. The molecule has 0 radical (unpaired) electrons. The van der Waals surface area contributed by atoms with Crippen LogP contribution in [0.5, 0.6) is 0 Å². The Balaban J connectivity index is 1.89. The molecule has 3 rings (SSSR count). The van der Waals surface area contributed by atoms with Crippen LogP contribution < -0.4 is 5.32 Å². The van der Waals surface area contributed by atoms with Crippen LogP contribution in [0.25, 0.3) is 10.9 Å². The van der Waals surface area contributed by atoms with Gasteiger partial charge in [-0.15, -0.1) is 0 Å². The molecule has 0 spiro atoms. The van der Waals surface area contributed by atoms with Crippen LogP contribution in [0.3, 0.4) is 0 Å². The second-order valence-electron chi connectivity index (χ2n) is 4.81.